The summed E-state index contributed by atoms with van der Waals surface area (Å²) in [6.07, 6.45) is 4.43. The van der Waals surface area contributed by atoms with Gasteiger partial charge < -0.3 is 15.2 Å². The number of hydrogen-bond donors (Lipinski definition) is 3. The molecule has 0 atom stereocenters. The van der Waals surface area contributed by atoms with Crippen LogP contribution >= 0.6 is 12.2 Å². The number of carboxylic acid groups (broad SMARTS) is 2. The topological polar surface area (TPSA) is 103 Å². The van der Waals surface area contributed by atoms with Gasteiger partial charge in [-0.3, -0.25) is 4.98 Å². The quantitative estimate of drug-likeness (QED) is 0.728. The Kier molecular flexibility index (Phi) is 5.36. The van der Waals surface area contributed by atoms with E-state index in [1.54, 1.807) is 18.3 Å². The van der Waals surface area contributed by atoms with Crippen LogP contribution in [0.2, 0.25) is 0 Å². The third-order valence-corrected chi connectivity index (χ3v) is 2.29. The van der Waals surface area contributed by atoms with Crippen LogP contribution in [0, 0.1) is 4.64 Å². The van der Waals surface area contributed by atoms with Crippen molar-refractivity contribution in [1.29, 1.82) is 0 Å². The van der Waals surface area contributed by atoms with Crippen molar-refractivity contribution in [3.8, 4) is 0 Å². The zero-order chi connectivity index (χ0) is 14.3. The molecule has 0 aliphatic carbocycles. The molecule has 2 aromatic heterocycles. The summed E-state index contributed by atoms with van der Waals surface area (Å²) >= 11 is 4.69. The van der Waals surface area contributed by atoms with E-state index >= 15 is 0 Å². The van der Waals surface area contributed by atoms with E-state index in [2.05, 4.69) is 9.97 Å². The van der Waals surface area contributed by atoms with Gasteiger partial charge in [-0.05, 0) is 24.3 Å². The van der Waals surface area contributed by atoms with Crippen LogP contribution in [-0.4, -0.2) is 32.1 Å². The maximum absolute atomic E-state index is 10.3. The summed E-state index contributed by atoms with van der Waals surface area (Å²) in [7, 11) is 0. The Morgan fingerprint density at radius 1 is 1.16 bits per heavy atom. The Labute approximate surface area is 113 Å². The van der Waals surface area contributed by atoms with E-state index in [0.29, 0.717) is 0 Å². The molecule has 0 aliphatic rings. The van der Waals surface area contributed by atoms with Gasteiger partial charge in [-0.25, -0.2) is 9.59 Å². The van der Waals surface area contributed by atoms with Crippen molar-refractivity contribution in [2.45, 2.75) is 0 Å². The molecule has 2 rings (SSSR count). The van der Waals surface area contributed by atoms with E-state index in [1.165, 1.54) is 24.5 Å². The van der Waals surface area contributed by atoms with Gasteiger partial charge in [-0.1, -0.05) is 12.2 Å². The summed E-state index contributed by atoms with van der Waals surface area (Å²) in [5.41, 5.74) is 0.356. The Morgan fingerprint density at radius 2 is 1.89 bits per heavy atom. The molecule has 0 spiro atoms. The molecule has 0 saturated heterocycles. The van der Waals surface area contributed by atoms with Crippen molar-refractivity contribution in [1.82, 2.24) is 9.97 Å². The fourth-order valence-electron chi connectivity index (χ4n) is 1.08. The molecule has 0 unspecified atom stereocenters. The minimum absolute atomic E-state index is 0.137. The van der Waals surface area contributed by atoms with Crippen molar-refractivity contribution < 1.29 is 19.8 Å². The number of carboxylic acids is 2. The first-order chi connectivity index (χ1) is 9.02. The molecule has 0 fully saturated rings. The average Bonchev–Trinajstić information content (AvgIpc) is 2.40. The molecule has 6 nitrogen and oxygen atoms in total. The SMILES string of the molecule is O=C(O)c1ccc[nH]c1=S.O=C(O)c1cccnc1. The molecule has 98 valence electrons. The first-order valence-electron chi connectivity index (χ1n) is 5.06. The molecule has 0 radical (unpaired) electrons. The third-order valence-electron chi connectivity index (χ3n) is 1.96. The number of pyridine rings is 2. The number of nitrogens with one attached hydrogen (secondary N) is 1. The zero-order valence-corrected chi connectivity index (χ0v) is 10.4. The summed E-state index contributed by atoms with van der Waals surface area (Å²) in [5.74, 6) is -1.94. The number of aromatic nitrogens is 2. The van der Waals surface area contributed by atoms with E-state index in [4.69, 9.17) is 22.4 Å². The monoisotopic (exact) mass is 278 g/mol. The Bertz CT molecular complexity index is 625. The van der Waals surface area contributed by atoms with Crippen molar-refractivity contribution in [3.63, 3.8) is 0 Å². The highest BCUT2D eigenvalue weighted by Gasteiger charge is 2.01. The first kappa shape index (κ1) is 14.5. The highest BCUT2D eigenvalue weighted by Crippen LogP contribution is 1.97. The predicted octanol–water partition coefficient (Wildman–Crippen LogP) is 2.22. The second-order valence-corrected chi connectivity index (χ2v) is 3.67. The Balaban J connectivity index is 0.000000191. The molecule has 0 bridgehead atoms. The van der Waals surface area contributed by atoms with E-state index < -0.39 is 11.9 Å². The number of carbonyl (C=O) groups is 2. The minimum Gasteiger partial charge on any atom is -0.478 e. The summed E-state index contributed by atoms with van der Waals surface area (Å²) in [6.45, 7) is 0. The van der Waals surface area contributed by atoms with Crippen LogP contribution in [0.1, 0.15) is 20.7 Å². The van der Waals surface area contributed by atoms with E-state index in [0.717, 1.165) is 0 Å². The minimum atomic E-state index is -0.998. The van der Waals surface area contributed by atoms with E-state index in [-0.39, 0.29) is 15.8 Å². The molecule has 19 heavy (non-hydrogen) atoms. The highest BCUT2D eigenvalue weighted by molar-refractivity contribution is 7.71. The van der Waals surface area contributed by atoms with Gasteiger partial charge in [-0.2, -0.15) is 0 Å². The van der Waals surface area contributed by atoms with E-state index in [9.17, 15) is 9.59 Å². The maximum Gasteiger partial charge on any atom is 0.338 e. The molecular formula is C12H10N2O4S. The molecule has 3 N–H and O–H groups in total. The third kappa shape index (κ3) is 4.68. The standard InChI is InChI=1S/C6H5NO2S.C6H5NO2/c8-6(9)4-2-1-3-7-5(4)10;8-6(9)5-2-1-3-7-4-5/h1-3H,(H,7,10)(H,8,9);1-4H,(H,8,9). The van der Waals surface area contributed by atoms with Crippen LogP contribution < -0.4 is 0 Å². The van der Waals surface area contributed by atoms with Crippen LogP contribution in [0.15, 0.2) is 42.9 Å². The lowest BCUT2D eigenvalue weighted by atomic mass is 10.3. The molecule has 7 heteroatoms. The van der Waals surface area contributed by atoms with Crippen LogP contribution in [0.25, 0.3) is 0 Å². The molecule has 0 saturated carbocycles. The highest BCUT2D eigenvalue weighted by atomic mass is 32.1. The Morgan fingerprint density at radius 3 is 2.26 bits per heavy atom. The second-order valence-electron chi connectivity index (χ2n) is 3.26. The number of aromatic carboxylic acids is 2. The predicted molar refractivity (Wildman–Crippen MR) is 69.8 cm³/mol. The zero-order valence-electron chi connectivity index (χ0n) is 9.61. The number of hydrogen-bond acceptors (Lipinski definition) is 4. The number of nitrogens with zero attached hydrogens (tertiary/aromatic N) is 1. The summed E-state index contributed by atoms with van der Waals surface area (Å²) in [4.78, 5) is 26.7. The second kappa shape index (κ2) is 7.02. The molecule has 0 aromatic carbocycles. The molecule has 2 heterocycles. The van der Waals surface area contributed by atoms with Gasteiger partial charge in [0.1, 0.15) is 4.64 Å². The lowest BCUT2D eigenvalue weighted by Gasteiger charge is -1.90. The molecular weight excluding hydrogens is 268 g/mol. The lowest BCUT2D eigenvalue weighted by Crippen LogP contribution is -1.97. The van der Waals surface area contributed by atoms with E-state index in [1.807, 2.05) is 0 Å². The fraction of sp³-hybridized carbons (Fsp3) is 0. The van der Waals surface area contributed by atoms with Crippen LogP contribution in [0.5, 0.6) is 0 Å². The molecule has 0 amide bonds. The molecule has 2 aromatic rings. The van der Waals surface area contributed by atoms with Crippen molar-refractivity contribution in [3.05, 3.63) is 58.6 Å². The largest absolute Gasteiger partial charge is 0.478 e. The van der Waals surface area contributed by atoms with Gasteiger partial charge in [0.15, 0.2) is 0 Å². The van der Waals surface area contributed by atoms with Gasteiger partial charge in [-0.15, -0.1) is 0 Å². The van der Waals surface area contributed by atoms with Gasteiger partial charge >= 0.3 is 11.9 Å². The van der Waals surface area contributed by atoms with Crippen molar-refractivity contribution >= 4 is 24.2 Å². The lowest BCUT2D eigenvalue weighted by molar-refractivity contribution is 0.0685. The van der Waals surface area contributed by atoms with Crippen LogP contribution in [0.4, 0.5) is 0 Å². The van der Waals surface area contributed by atoms with Crippen molar-refractivity contribution in [2.24, 2.45) is 0 Å². The summed E-state index contributed by atoms with van der Waals surface area (Å²) < 4.78 is 0.259. The summed E-state index contributed by atoms with van der Waals surface area (Å²) in [5, 5.41) is 16.8. The maximum atomic E-state index is 10.3. The smallest absolute Gasteiger partial charge is 0.338 e. The van der Waals surface area contributed by atoms with Crippen LogP contribution in [-0.2, 0) is 0 Å². The molecule has 0 aliphatic heterocycles. The number of aromatic amines is 1. The Hall–Kier alpha value is -2.54. The van der Waals surface area contributed by atoms with Gasteiger partial charge in [0, 0.05) is 18.6 Å². The summed E-state index contributed by atoms with van der Waals surface area (Å²) in [6, 6.07) is 6.14. The fourth-order valence-corrected chi connectivity index (χ4v) is 1.30. The van der Waals surface area contributed by atoms with Gasteiger partial charge in [0.2, 0.25) is 0 Å². The van der Waals surface area contributed by atoms with Crippen LogP contribution in [0.3, 0.4) is 0 Å². The number of rotatable bonds is 2. The number of H-pyrrole nitrogens is 1. The normalized spacial score (nSPS) is 9.05. The average molecular weight is 278 g/mol. The van der Waals surface area contributed by atoms with Crippen molar-refractivity contribution in [2.75, 3.05) is 0 Å². The van der Waals surface area contributed by atoms with Gasteiger partial charge in [0.05, 0.1) is 11.1 Å². The first-order valence-corrected chi connectivity index (χ1v) is 5.47. The van der Waals surface area contributed by atoms with Gasteiger partial charge in [0.25, 0.3) is 0 Å².